The van der Waals surface area contributed by atoms with Crippen molar-refractivity contribution in [1.29, 1.82) is 0 Å². The Bertz CT molecular complexity index is 935. The Kier molecular flexibility index (Phi) is 9.62. The first-order valence-electron chi connectivity index (χ1n) is 9.63. The number of benzene rings is 2. The zero-order chi connectivity index (χ0) is 21.8. The molecule has 0 spiro atoms. The fraction of sp³-hybridized carbons (Fsp3) is 0.364. The lowest BCUT2D eigenvalue weighted by molar-refractivity contribution is -0.648. The molecule has 166 valence electrons. The van der Waals surface area contributed by atoms with Gasteiger partial charge in [-0.25, -0.2) is 0 Å². The Labute approximate surface area is 188 Å². The summed E-state index contributed by atoms with van der Waals surface area (Å²) in [5, 5.41) is 3.41. The van der Waals surface area contributed by atoms with Crippen LogP contribution in [0.15, 0.2) is 42.2 Å². The average molecular weight is 474 g/mol. The molecular weight excluding hydrogens is 444 g/mol. The molecule has 30 heavy (non-hydrogen) atoms. The van der Waals surface area contributed by atoms with E-state index in [-0.39, 0.29) is 10.9 Å². The highest BCUT2D eigenvalue weighted by atomic mass is 35.5. The molecule has 0 saturated heterocycles. The third kappa shape index (κ3) is 6.84. The van der Waals surface area contributed by atoms with Crippen LogP contribution in [0.4, 0.5) is 0 Å². The number of quaternary nitrogens is 1. The summed E-state index contributed by atoms with van der Waals surface area (Å²) in [4.78, 5) is 12.2. The topological polar surface area (TPSA) is 97.5 Å². The fourth-order valence-corrected chi connectivity index (χ4v) is 4.61. The highest BCUT2D eigenvalue weighted by Crippen LogP contribution is 2.53. The predicted molar refractivity (Wildman–Crippen MR) is 124 cm³/mol. The maximum atomic E-state index is 12.2. The Morgan fingerprint density at radius 3 is 2.10 bits per heavy atom. The van der Waals surface area contributed by atoms with Crippen LogP contribution in [0.25, 0.3) is 5.57 Å². The molecule has 0 aliphatic carbocycles. The maximum absolute atomic E-state index is 12.2. The first-order chi connectivity index (χ1) is 13.5. The van der Waals surface area contributed by atoms with Crippen molar-refractivity contribution < 1.29 is 24.8 Å². The first kappa shape index (κ1) is 26.7. The second-order valence-corrected chi connectivity index (χ2v) is 10.2. The SMILES string of the molecule is CC(C)(C)c1cc2c(cc1Cl)C(c1ccc(Cl)cc1)=CP(=O)([O-])O2.CC[NH2+]CC.O. The maximum Gasteiger partial charge on any atom is 0.207 e. The van der Waals surface area contributed by atoms with E-state index >= 15 is 0 Å². The van der Waals surface area contributed by atoms with Crippen LogP contribution in [-0.4, -0.2) is 18.6 Å². The summed E-state index contributed by atoms with van der Waals surface area (Å²) in [6.45, 7) is 12.8. The van der Waals surface area contributed by atoms with Crippen LogP contribution in [0, 0.1) is 0 Å². The number of halogens is 2. The molecule has 8 heteroatoms. The van der Waals surface area contributed by atoms with E-state index in [1.165, 1.54) is 13.1 Å². The van der Waals surface area contributed by atoms with Crippen LogP contribution in [0.5, 0.6) is 5.75 Å². The van der Waals surface area contributed by atoms with Gasteiger partial charge in [-0.3, -0.25) is 4.57 Å². The minimum Gasteiger partial charge on any atom is -0.766 e. The van der Waals surface area contributed by atoms with Crippen LogP contribution in [0.1, 0.15) is 51.3 Å². The van der Waals surface area contributed by atoms with Crippen LogP contribution in [0.3, 0.4) is 0 Å². The fourth-order valence-electron chi connectivity index (χ4n) is 2.95. The van der Waals surface area contributed by atoms with Gasteiger partial charge in [0.1, 0.15) is 5.75 Å². The van der Waals surface area contributed by atoms with Crippen molar-refractivity contribution in [3.8, 4) is 5.75 Å². The molecule has 0 aromatic heterocycles. The van der Waals surface area contributed by atoms with E-state index in [2.05, 4.69) is 19.2 Å². The van der Waals surface area contributed by atoms with Crippen molar-refractivity contribution in [3.05, 3.63) is 69.0 Å². The molecule has 0 saturated carbocycles. The number of hydrogen-bond acceptors (Lipinski definition) is 3. The van der Waals surface area contributed by atoms with Gasteiger partial charge in [0.05, 0.1) is 13.1 Å². The monoisotopic (exact) mass is 473 g/mol. The lowest BCUT2D eigenvalue weighted by atomic mass is 9.85. The second-order valence-electron chi connectivity index (χ2n) is 7.86. The van der Waals surface area contributed by atoms with E-state index in [9.17, 15) is 9.46 Å². The zero-order valence-corrected chi connectivity index (χ0v) is 20.4. The molecule has 0 fully saturated rings. The van der Waals surface area contributed by atoms with Gasteiger partial charge in [0, 0.05) is 21.4 Å². The molecular formula is C22H30Cl2NO4P. The molecule has 2 aromatic carbocycles. The number of nitrogens with two attached hydrogens (primary N) is 1. The van der Waals surface area contributed by atoms with Crippen molar-refractivity contribution >= 4 is 36.4 Å². The largest absolute Gasteiger partial charge is 0.766 e. The van der Waals surface area contributed by atoms with Gasteiger partial charge in [-0.1, -0.05) is 56.1 Å². The minimum atomic E-state index is -4.13. The summed E-state index contributed by atoms with van der Waals surface area (Å²) >= 11 is 12.4. The van der Waals surface area contributed by atoms with E-state index in [1.54, 1.807) is 36.4 Å². The van der Waals surface area contributed by atoms with Gasteiger partial charge in [0.25, 0.3) is 0 Å². The third-order valence-corrected chi connectivity index (χ3v) is 6.00. The van der Waals surface area contributed by atoms with Gasteiger partial charge in [0.15, 0.2) is 0 Å². The molecule has 1 heterocycles. The minimum absolute atomic E-state index is 0. The Morgan fingerprint density at radius 1 is 1.07 bits per heavy atom. The smallest absolute Gasteiger partial charge is 0.207 e. The first-order valence-corrected chi connectivity index (χ1v) is 12.0. The molecule has 0 radical (unpaired) electrons. The van der Waals surface area contributed by atoms with Crippen molar-refractivity contribution in [2.45, 2.75) is 40.0 Å². The second kappa shape index (κ2) is 10.8. The molecule has 1 aliphatic rings. The molecule has 4 N–H and O–H groups in total. The van der Waals surface area contributed by atoms with Crippen LogP contribution >= 0.6 is 30.8 Å². The summed E-state index contributed by atoms with van der Waals surface area (Å²) in [5.74, 6) is 1.45. The molecule has 1 atom stereocenters. The summed E-state index contributed by atoms with van der Waals surface area (Å²) in [6, 6.07) is 10.5. The number of rotatable bonds is 3. The normalized spacial score (nSPS) is 17.5. The van der Waals surface area contributed by atoms with E-state index < -0.39 is 7.60 Å². The number of hydrogen-bond donors (Lipinski definition) is 1. The van der Waals surface area contributed by atoms with Gasteiger partial charge in [-0.05, 0) is 60.2 Å². The van der Waals surface area contributed by atoms with Crippen LogP contribution in [-0.2, 0) is 9.98 Å². The molecule has 2 aromatic rings. The molecule has 1 unspecified atom stereocenters. The van der Waals surface area contributed by atoms with Gasteiger partial charge < -0.3 is 20.2 Å². The summed E-state index contributed by atoms with van der Waals surface area (Å²) in [6.07, 6.45) is 0. The molecule has 5 nitrogen and oxygen atoms in total. The van der Waals surface area contributed by atoms with Crippen molar-refractivity contribution in [2.75, 3.05) is 13.1 Å². The quantitative estimate of drug-likeness (QED) is 0.669. The lowest BCUT2D eigenvalue weighted by Crippen LogP contribution is -2.82. The summed E-state index contributed by atoms with van der Waals surface area (Å²) in [5.41, 5.74) is 2.54. The van der Waals surface area contributed by atoms with Crippen LogP contribution < -0.4 is 14.7 Å². The zero-order valence-electron chi connectivity index (χ0n) is 18.0. The van der Waals surface area contributed by atoms with Crippen molar-refractivity contribution in [3.63, 3.8) is 0 Å². The standard InChI is InChI=1S/C18H17Cl2O3P.C4H11N.H2O/c1-18(2,3)15-9-17-13(8-16(15)20)14(10-24(21,22)23-17)11-4-6-12(19)7-5-11;1-3-5-4-2;/h4-10H,1-3H3,(H,21,22);5H,3-4H2,1-2H3;1H2. The van der Waals surface area contributed by atoms with Gasteiger partial charge in [-0.2, -0.15) is 0 Å². The predicted octanol–water partition coefficient (Wildman–Crippen LogP) is 4.39. The highest BCUT2D eigenvalue weighted by Gasteiger charge is 2.27. The Hall–Kier alpha value is -1.33. The van der Waals surface area contributed by atoms with E-state index in [0.717, 1.165) is 16.9 Å². The highest BCUT2D eigenvalue weighted by molar-refractivity contribution is 7.55. The Morgan fingerprint density at radius 2 is 1.63 bits per heavy atom. The van der Waals surface area contributed by atoms with Crippen LogP contribution in [0.2, 0.25) is 10.0 Å². The molecule has 0 amide bonds. The van der Waals surface area contributed by atoms with E-state index in [1.807, 2.05) is 20.8 Å². The number of fused-ring (bicyclic) bond motifs is 1. The van der Waals surface area contributed by atoms with E-state index in [4.69, 9.17) is 27.7 Å². The summed E-state index contributed by atoms with van der Waals surface area (Å²) in [7, 11) is -4.13. The van der Waals surface area contributed by atoms with E-state index in [0.29, 0.717) is 26.9 Å². The van der Waals surface area contributed by atoms with Crippen molar-refractivity contribution in [2.24, 2.45) is 0 Å². The Balaban J connectivity index is 0.000000674. The van der Waals surface area contributed by atoms with Gasteiger partial charge in [0.2, 0.25) is 7.60 Å². The summed E-state index contributed by atoms with van der Waals surface area (Å²) < 4.78 is 17.4. The third-order valence-electron chi connectivity index (χ3n) is 4.41. The molecule has 0 bridgehead atoms. The lowest BCUT2D eigenvalue weighted by Gasteiger charge is -2.31. The molecule has 1 aliphatic heterocycles. The average Bonchev–Trinajstić information content (AvgIpc) is 2.61. The van der Waals surface area contributed by atoms with Crippen molar-refractivity contribution in [1.82, 2.24) is 0 Å². The van der Waals surface area contributed by atoms with Gasteiger partial charge >= 0.3 is 0 Å². The molecule has 3 rings (SSSR count). The van der Waals surface area contributed by atoms with Gasteiger partial charge in [-0.15, -0.1) is 0 Å².